The number of nitrogens with zero attached hydrogens (tertiary/aromatic N) is 3. The van der Waals surface area contributed by atoms with Crippen LogP contribution in [-0.4, -0.2) is 13.8 Å². The molecular weight excluding hydrogens is 302 g/mol. The fraction of sp³-hybridized carbons (Fsp3) is 0.263. The molecule has 3 heterocycles. The van der Waals surface area contributed by atoms with Gasteiger partial charge < -0.3 is 4.40 Å². The van der Waals surface area contributed by atoms with E-state index in [4.69, 9.17) is 9.36 Å². The number of fused-ring (bicyclic) bond motifs is 2. The van der Waals surface area contributed by atoms with Crippen LogP contribution in [0.2, 0.25) is 0 Å². The molecule has 0 N–H and O–H groups in total. The number of imidazole rings is 1. The third-order valence-electron chi connectivity index (χ3n) is 4.32. The molecule has 0 spiro atoms. The van der Waals surface area contributed by atoms with E-state index in [0.717, 1.165) is 17.8 Å². The molecule has 0 amide bonds. The van der Waals surface area contributed by atoms with Crippen molar-refractivity contribution in [3.05, 3.63) is 65.2 Å². The van der Waals surface area contributed by atoms with E-state index in [-0.39, 0.29) is 0 Å². The van der Waals surface area contributed by atoms with E-state index >= 15 is 0 Å². The van der Waals surface area contributed by atoms with Crippen molar-refractivity contribution in [1.29, 1.82) is 0 Å². The normalized spacial score (nSPS) is 11.8. The van der Waals surface area contributed by atoms with E-state index in [1.807, 2.05) is 6.07 Å². The summed E-state index contributed by atoms with van der Waals surface area (Å²) in [5.74, 6) is 0.399. The Morgan fingerprint density at radius 2 is 2.00 bits per heavy atom. The maximum atomic E-state index is 4.83. The number of aryl methyl sites for hydroxylation is 1. The second-order valence-electron chi connectivity index (χ2n) is 6.28. The summed E-state index contributed by atoms with van der Waals surface area (Å²) in [5.41, 5.74) is 5.90. The van der Waals surface area contributed by atoms with Crippen LogP contribution in [0.25, 0.3) is 15.7 Å². The first kappa shape index (κ1) is 14.4. The lowest BCUT2D eigenvalue weighted by Gasteiger charge is -2.07. The lowest BCUT2D eigenvalue weighted by atomic mass is 10.0. The number of pyridine rings is 1. The summed E-state index contributed by atoms with van der Waals surface area (Å²) in [6.07, 6.45) is 2.93. The Morgan fingerprint density at radius 3 is 2.83 bits per heavy atom. The van der Waals surface area contributed by atoms with Gasteiger partial charge in [0, 0.05) is 18.0 Å². The van der Waals surface area contributed by atoms with Gasteiger partial charge in [-0.2, -0.15) is 4.37 Å². The van der Waals surface area contributed by atoms with Crippen molar-refractivity contribution in [2.24, 2.45) is 0 Å². The van der Waals surface area contributed by atoms with Gasteiger partial charge in [-0.3, -0.25) is 0 Å². The van der Waals surface area contributed by atoms with Crippen LogP contribution in [0.3, 0.4) is 0 Å². The minimum atomic E-state index is 0.399. The van der Waals surface area contributed by atoms with Gasteiger partial charge >= 0.3 is 0 Å². The highest BCUT2D eigenvalue weighted by Crippen LogP contribution is 2.30. The highest BCUT2D eigenvalue weighted by molar-refractivity contribution is 7.13. The van der Waals surface area contributed by atoms with Crippen molar-refractivity contribution < 1.29 is 0 Å². The van der Waals surface area contributed by atoms with Crippen LogP contribution < -0.4 is 0 Å². The zero-order chi connectivity index (χ0) is 16.0. The zero-order valence-electron chi connectivity index (χ0n) is 13.6. The molecule has 116 valence electrons. The summed E-state index contributed by atoms with van der Waals surface area (Å²) in [5, 5.41) is 1.30. The van der Waals surface area contributed by atoms with Gasteiger partial charge in [-0.15, -0.1) is 0 Å². The van der Waals surface area contributed by atoms with Crippen LogP contribution >= 0.6 is 11.5 Å². The van der Waals surface area contributed by atoms with Gasteiger partial charge in [0.25, 0.3) is 0 Å². The van der Waals surface area contributed by atoms with E-state index in [2.05, 4.69) is 61.7 Å². The third kappa shape index (κ3) is 2.34. The molecule has 0 radical (unpaired) electrons. The van der Waals surface area contributed by atoms with Crippen LogP contribution in [0.4, 0.5) is 0 Å². The first-order valence-electron chi connectivity index (χ1n) is 7.95. The van der Waals surface area contributed by atoms with Gasteiger partial charge in [-0.25, -0.2) is 4.98 Å². The summed E-state index contributed by atoms with van der Waals surface area (Å²) in [7, 11) is 0. The Hall–Kier alpha value is -2.20. The fourth-order valence-corrected chi connectivity index (χ4v) is 4.09. The molecule has 0 aliphatic rings. The maximum Gasteiger partial charge on any atom is 0.137 e. The summed E-state index contributed by atoms with van der Waals surface area (Å²) in [6, 6.07) is 12.6. The smallest absolute Gasteiger partial charge is 0.137 e. The Bertz CT molecular complexity index is 994. The van der Waals surface area contributed by atoms with Crippen molar-refractivity contribution in [3.63, 3.8) is 0 Å². The average molecular weight is 321 g/mol. The highest BCUT2D eigenvalue weighted by atomic mass is 32.1. The van der Waals surface area contributed by atoms with Crippen molar-refractivity contribution >= 4 is 27.3 Å². The molecule has 23 heavy (non-hydrogen) atoms. The van der Waals surface area contributed by atoms with Crippen molar-refractivity contribution in [1.82, 2.24) is 13.8 Å². The molecule has 0 atom stereocenters. The van der Waals surface area contributed by atoms with Crippen molar-refractivity contribution in [2.45, 2.75) is 33.1 Å². The average Bonchev–Trinajstić information content (AvgIpc) is 3.11. The van der Waals surface area contributed by atoms with Gasteiger partial charge in [0.2, 0.25) is 0 Å². The zero-order valence-corrected chi connectivity index (χ0v) is 14.4. The van der Waals surface area contributed by atoms with Gasteiger partial charge in [-0.1, -0.05) is 32.0 Å². The largest absolute Gasteiger partial charge is 0.303 e. The summed E-state index contributed by atoms with van der Waals surface area (Å²) in [6.45, 7) is 6.57. The number of rotatable bonds is 3. The Labute approximate surface area is 139 Å². The molecule has 0 unspecified atom stereocenters. The molecule has 0 saturated carbocycles. The molecule has 0 aliphatic heterocycles. The number of benzene rings is 1. The van der Waals surface area contributed by atoms with E-state index in [1.165, 1.54) is 27.0 Å². The summed E-state index contributed by atoms with van der Waals surface area (Å²) >= 11 is 1.59. The highest BCUT2D eigenvalue weighted by Gasteiger charge is 2.18. The molecule has 0 saturated heterocycles. The van der Waals surface area contributed by atoms with E-state index < -0.39 is 0 Å². The quantitative estimate of drug-likeness (QED) is 0.533. The first-order chi connectivity index (χ1) is 11.1. The van der Waals surface area contributed by atoms with Gasteiger partial charge in [-0.05, 0) is 48.1 Å². The van der Waals surface area contributed by atoms with E-state index in [0.29, 0.717) is 5.92 Å². The molecule has 4 heteroatoms. The van der Waals surface area contributed by atoms with Crippen LogP contribution in [0.5, 0.6) is 0 Å². The molecule has 0 fully saturated rings. The maximum absolute atomic E-state index is 4.83. The molecule has 0 aliphatic carbocycles. The second-order valence-corrected chi connectivity index (χ2v) is 7.09. The fourth-order valence-electron chi connectivity index (χ4n) is 3.22. The minimum Gasteiger partial charge on any atom is -0.303 e. The van der Waals surface area contributed by atoms with E-state index in [9.17, 15) is 0 Å². The monoisotopic (exact) mass is 321 g/mol. The van der Waals surface area contributed by atoms with Gasteiger partial charge in [0.1, 0.15) is 5.65 Å². The van der Waals surface area contributed by atoms with Crippen molar-refractivity contribution in [2.75, 3.05) is 0 Å². The molecule has 4 aromatic rings. The van der Waals surface area contributed by atoms with Crippen LogP contribution in [0, 0.1) is 6.92 Å². The predicted molar refractivity (Wildman–Crippen MR) is 96.4 cm³/mol. The van der Waals surface area contributed by atoms with Crippen LogP contribution in [0.1, 0.15) is 42.4 Å². The molecule has 1 aromatic carbocycles. The lowest BCUT2D eigenvalue weighted by Crippen LogP contribution is -2.00. The van der Waals surface area contributed by atoms with Crippen LogP contribution in [0.15, 0.2) is 42.6 Å². The van der Waals surface area contributed by atoms with Crippen molar-refractivity contribution in [3.8, 4) is 0 Å². The van der Waals surface area contributed by atoms with Gasteiger partial charge in [0.05, 0.1) is 21.8 Å². The second kappa shape index (κ2) is 5.46. The number of aromatic nitrogens is 3. The molecule has 0 bridgehead atoms. The lowest BCUT2D eigenvalue weighted by molar-refractivity contribution is 0.809. The number of hydrogen-bond acceptors (Lipinski definition) is 3. The Kier molecular flexibility index (Phi) is 3.42. The third-order valence-corrected chi connectivity index (χ3v) is 5.17. The topological polar surface area (TPSA) is 30.2 Å². The Morgan fingerprint density at radius 1 is 1.13 bits per heavy atom. The SMILES string of the molecule is Cc1cccc2snc(Cc3c(C(C)C)nc4ccccn34)c12. The van der Waals surface area contributed by atoms with Gasteiger partial charge in [0.15, 0.2) is 0 Å². The minimum absolute atomic E-state index is 0.399. The summed E-state index contributed by atoms with van der Waals surface area (Å²) < 4.78 is 8.21. The number of hydrogen-bond donors (Lipinski definition) is 0. The molecule has 3 aromatic heterocycles. The molecular formula is C19H19N3S. The predicted octanol–water partition coefficient (Wildman–Crippen LogP) is 4.97. The standard InChI is InChI=1S/C19H19N3S/c1-12(2)19-15(22-10-5-4-9-17(22)20-19)11-14-18-13(3)7-6-8-16(18)23-21-14/h4-10,12H,11H2,1-3H3. The molecule has 4 rings (SSSR count). The van der Waals surface area contributed by atoms with Crippen LogP contribution in [-0.2, 0) is 6.42 Å². The first-order valence-corrected chi connectivity index (χ1v) is 8.72. The Balaban J connectivity index is 1.90. The van der Waals surface area contributed by atoms with E-state index in [1.54, 1.807) is 11.5 Å². The molecule has 3 nitrogen and oxygen atoms in total. The summed E-state index contributed by atoms with van der Waals surface area (Å²) in [4.78, 5) is 4.83.